The maximum atomic E-state index is 5.92. The van der Waals surface area contributed by atoms with Crippen molar-refractivity contribution in [3.05, 3.63) is 47.8 Å². The zero-order chi connectivity index (χ0) is 13.2. The number of aryl methyl sites for hydroxylation is 2. The molecule has 2 heterocycles. The van der Waals surface area contributed by atoms with Crippen LogP contribution in [0.3, 0.4) is 0 Å². The lowest BCUT2D eigenvalue weighted by atomic mass is 10.1. The fourth-order valence-corrected chi connectivity index (χ4v) is 2.09. The summed E-state index contributed by atoms with van der Waals surface area (Å²) in [5, 5.41) is 0. The molecule has 1 aromatic carbocycles. The van der Waals surface area contributed by atoms with Crippen molar-refractivity contribution in [3.63, 3.8) is 0 Å². The molecule has 0 unspecified atom stereocenters. The van der Waals surface area contributed by atoms with Crippen molar-refractivity contribution in [3.8, 4) is 0 Å². The number of para-hydroxylation sites is 1. The lowest BCUT2D eigenvalue weighted by Gasteiger charge is -2.03. The number of aromatic amines is 1. The van der Waals surface area contributed by atoms with Crippen LogP contribution >= 0.6 is 0 Å². The number of nitrogens with two attached hydrogens (primary N) is 2. The summed E-state index contributed by atoms with van der Waals surface area (Å²) in [6.07, 6.45) is 1.65. The molecule has 5 nitrogen and oxygen atoms in total. The molecule has 0 saturated carbocycles. The maximum Gasteiger partial charge on any atom is 0.179 e. The zero-order valence-electron chi connectivity index (χ0n) is 10.4. The number of rotatable bonds is 3. The van der Waals surface area contributed by atoms with E-state index < -0.39 is 0 Å². The van der Waals surface area contributed by atoms with Crippen LogP contribution in [-0.4, -0.2) is 15.0 Å². The van der Waals surface area contributed by atoms with Gasteiger partial charge in [0.2, 0.25) is 0 Å². The molecule has 0 bridgehead atoms. The maximum absolute atomic E-state index is 5.92. The van der Waals surface area contributed by atoms with E-state index in [9.17, 15) is 0 Å². The molecular formula is C14H15N5. The fraction of sp³-hybridized carbons (Fsp3) is 0.143. The minimum atomic E-state index is 0.484. The number of pyridine rings is 1. The van der Waals surface area contributed by atoms with Gasteiger partial charge < -0.3 is 16.5 Å². The van der Waals surface area contributed by atoms with Crippen molar-refractivity contribution in [2.24, 2.45) is 0 Å². The summed E-state index contributed by atoms with van der Waals surface area (Å²) >= 11 is 0. The second-order valence-electron chi connectivity index (χ2n) is 4.49. The Morgan fingerprint density at radius 3 is 2.63 bits per heavy atom. The van der Waals surface area contributed by atoms with Crippen molar-refractivity contribution in [2.45, 2.75) is 12.8 Å². The summed E-state index contributed by atoms with van der Waals surface area (Å²) in [6.45, 7) is 0. The summed E-state index contributed by atoms with van der Waals surface area (Å²) < 4.78 is 0. The third-order valence-corrected chi connectivity index (χ3v) is 3.10. The van der Waals surface area contributed by atoms with Gasteiger partial charge in [0.15, 0.2) is 5.65 Å². The molecule has 96 valence electrons. The van der Waals surface area contributed by atoms with Crippen molar-refractivity contribution >= 4 is 22.7 Å². The van der Waals surface area contributed by atoms with Gasteiger partial charge in [0.25, 0.3) is 0 Å². The van der Waals surface area contributed by atoms with Gasteiger partial charge in [0, 0.05) is 12.1 Å². The number of H-pyrrole nitrogens is 1. The minimum absolute atomic E-state index is 0.484. The monoisotopic (exact) mass is 253 g/mol. The van der Waals surface area contributed by atoms with Crippen molar-refractivity contribution < 1.29 is 0 Å². The second kappa shape index (κ2) is 4.61. The normalized spacial score (nSPS) is 10.9. The smallest absolute Gasteiger partial charge is 0.179 e. The van der Waals surface area contributed by atoms with Gasteiger partial charge in [-0.1, -0.05) is 18.2 Å². The van der Waals surface area contributed by atoms with E-state index in [0.717, 1.165) is 35.4 Å². The Kier molecular flexibility index (Phi) is 2.79. The Hall–Kier alpha value is -2.56. The van der Waals surface area contributed by atoms with E-state index in [1.807, 2.05) is 30.3 Å². The van der Waals surface area contributed by atoms with Gasteiger partial charge in [0.05, 0.1) is 5.52 Å². The molecule has 0 amide bonds. The van der Waals surface area contributed by atoms with Crippen LogP contribution in [0.25, 0.3) is 11.2 Å². The van der Waals surface area contributed by atoms with Gasteiger partial charge in [-0.3, -0.25) is 0 Å². The summed E-state index contributed by atoms with van der Waals surface area (Å²) in [5.74, 6) is 1.38. The number of hydrogen-bond donors (Lipinski definition) is 3. The first-order valence-electron chi connectivity index (χ1n) is 6.17. The molecule has 0 aliphatic carbocycles. The van der Waals surface area contributed by atoms with Gasteiger partial charge in [0.1, 0.15) is 11.6 Å². The first-order valence-corrected chi connectivity index (χ1v) is 6.17. The van der Waals surface area contributed by atoms with Gasteiger partial charge >= 0.3 is 0 Å². The van der Waals surface area contributed by atoms with Gasteiger partial charge in [-0.2, -0.15) is 0 Å². The van der Waals surface area contributed by atoms with Gasteiger partial charge in [-0.15, -0.1) is 0 Å². The number of fused-ring (bicyclic) bond motifs is 1. The first-order chi connectivity index (χ1) is 9.22. The predicted octanol–water partition coefficient (Wildman–Crippen LogP) is 1.91. The lowest BCUT2D eigenvalue weighted by Crippen LogP contribution is -1.97. The summed E-state index contributed by atoms with van der Waals surface area (Å²) in [4.78, 5) is 11.9. The number of anilines is 2. The number of imidazole rings is 1. The number of nitrogens with one attached hydrogen (secondary N) is 1. The molecule has 0 aliphatic heterocycles. The van der Waals surface area contributed by atoms with Crippen molar-refractivity contribution in [1.29, 1.82) is 0 Å². The third-order valence-electron chi connectivity index (χ3n) is 3.10. The minimum Gasteiger partial charge on any atom is -0.399 e. The van der Waals surface area contributed by atoms with E-state index in [-0.39, 0.29) is 0 Å². The predicted molar refractivity (Wildman–Crippen MR) is 76.6 cm³/mol. The molecule has 3 rings (SSSR count). The van der Waals surface area contributed by atoms with Crippen molar-refractivity contribution in [2.75, 3.05) is 11.5 Å². The molecule has 0 spiro atoms. The number of nitrogen functional groups attached to an aromatic ring is 2. The summed E-state index contributed by atoms with van der Waals surface area (Å²) in [6, 6.07) is 11.5. The van der Waals surface area contributed by atoms with E-state index in [0.29, 0.717) is 11.5 Å². The van der Waals surface area contributed by atoms with Crippen LogP contribution in [0.5, 0.6) is 0 Å². The lowest BCUT2D eigenvalue weighted by molar-refractivity contribution is 0.891. The van der Waals surface area contributed by atoms with Crippen LogP contribution < -0.4 is 11.5 Å². The highest BCUT2D eigenvalue weighted by Crippen LogP contribution is 2.15. The molecule has 0 atom stereocenters. The first kappa shape index (κ1) is 11.5. The van der Waals surface area contributed by atoms with E-state index in [4.69, 9.17) is 11.5 Å². The van der Waals surface area contributed by atoms with Crippen LogP contribution in [0.4, 0.5) is 11.5 Å². The highest BCUT2D eigenvalue weighted by Gasteiger charge is 2.05. The molecule has 19 heavy (non-hydrogen) atoms. The molecule has 0 aliphatic rings. The van der Waals surface area contributed by atoms with E-state index in [1.165, 1.54) is 0 Å². The largest absolute Gasteiger partial charge is 0.399 e. The molecule has 5 heteroatoms. The topological polar surface area (TPSA) is 93.6 Å². The Balaban J connectivity index is 1.80. The Morgan fingerprint density at radius 1 is 0.947 bits per heavy atom. The fourth-order valence-electron chi connectivity index (χ4n) is 2.09. The Bertz CT molecular complexity index is 717. The van der Waals surface area contributed by atoms with Gasteiger partial charge in [-0.25, -0.2) is 9.97 Å². The highest BCUT2D eigenvalue weighted by atomic mass is 15.0. The van der Waals surface area contributed by atoms with Gasteiger partial charge in [-0.05, 0) is 30.2 Å². The average Bonchev–Trinajstić information content (AvgIpc) is 2.79. The van der Waals surface area contributed by atoms with Crippen LogP contribution in [0.15, 0.2) is 36.4 Å². The third kappa shape index (κ3) is 2.35. The number of hydrogen-bond acceptors (Lipinski definition) is 4. The molecule has 0 fully saturated rings. The average molecular weight is 253 g/mol. The molecular weight excluding hydrogens is 238 g/mol. The Labute approximate surface area is 110 Å². The molecule has 0 radical (unpaired) electrons. The van der Waals surface area contributed by atoms with E-state index in [2.05, 4.69) is 15.0 Å². The Morgan fingerprint density at radius 2 is 1.79 bits per heavy atom. The van der Waals surface area contributed by atoms with Crippen molar-refractivity contribution in [1.82, 2.24) is 15.0 Å². The zero-order valence-corrected chi connectivity index (χ0v) is 10.4. The highest BCUT2D eigenvalue weighted by molar-refractivity contribution is 5.72. The number of aromatic nitrogens is 3. The quantitative estimate of drug-likeness (QED) is 0.621. The number of nitrogens with zero attached hydrogens (tertiary/aromatic N) is 2. The summed E-state index contributed by atoms with van der Waals surface area (Å²) in [5.41, 5.74) is 15.1. The van der Waals surface area contributed by atoms with Crippen LogP contribution in [-0.2, 0) is 12.8 Å². The second-order valence-corrected chi connectivity index (χ2v) is 4.49. The molecule has 3 aromatic rings. The van der Waals surface area contributed by atoms with Crippen LogP contribution in [0, 0.1) is 0 Å². The molecule has 2 aromatic heterocycles. The molecule has 5 N–H and O–H groups in total. The SMILES string of the molecule is Nc1ccc2[nH]c(CCc3ccccc3N)nc2n1. The summed E-state index contributed by atoms with van der Waals surface area (Å²) in [7, 11) is 0. The molecule has 0 saturated heterocycles. The van der Waals surface area contributed by atoms with Crippen LogP contribution in [0.2, 0.25) is 0 Å². The van der Waals surface area contributed by atoms with Crippen LogP contribution in [0.1, 0.15) is 11.4 Å². The number of benzene rings is 1. The van der Waals surface area contributed by atoms with E-state index in [1.54, 1.807) is 6.07 Å². The standard InChI is InChI=1S/C14H15N5/c15-10-4-2-1-3-9(10)5-8-13-17-11-6-7-12(16)18-14(11)19-13/h1-4,6-7H,5,8,15H2,(H3,16,17,18,19). The van der Waals surface area contributed by atoms with E-state index >= 15 is 0 Å².